The summed E-state index contributed by atoms with van der Waals surface area (Å²) in [6.45, 7) is -0.426. The summed E-state index contributed by atoms with van der Waals surface area (Å²) in [7, 11) is 1.73. The van der Waals surface area contributed by atoms with Gasteiger partial charge in [0, 0.05) is 24.0 Å². The van der Waals surface area contributed by atoms with E-state index in [1.165, 1.54) is 4.90 Å². The van der Waals surface area contributed by atoms with Gasteiger partial charge >= 0.3 is 5.97 Å². The van der Waals surface area contributed by atoms with Crippen molar-refractivity contribution in [3.63, 3.8) is 0 Å². The lowest BCUT2D eigenvalue weighted by molar-refractivity contribution is -0.135. The van der Waals surface area contributed by atoms with Gasteiger partial charge in [-0.15, -0.1) is 0 Å². The fraction of sp³-hybridized carbons (Fsp3) is 0.143. The minimum absolute atomic E-state index is 0.387. The number of carbonyl (C=O) groups excluding carboxylic acids is 1. The molecular weight excluding hydrogens is 280 g/mol. The number of benzene rings is 1. The van der Waals surface area contributed by atoms with Crippen molar-refractivity contribution in [2.24, 2.45) is 7.05 Å². The number of halogens is 1. The Morgan fingerprint density at radius 2 is 2.05 bits per heavy atom. The molecule has 0 bridgehead atoms. The van der Waals surface area contributed by atoms with Gasteiger partial charge in [0.1, 0.15) is 12.2 Å². The highest BCUT2D eigenvalue weighted by atomic mass is 35.5. The molecule has 6 heteroatoms. The zero-order valence-corrected chi connectivity index (χ0v) is 11.5. The topological polar surface area (TPSA) is 62.5 Å². The van der Waals surface area contributed by atoms with E-state index in [0.717, 1.165) is 0 Å². The third-order valence-electron chi connectivity index (χ3n) is 2.82. The highest BCUT2D eigenvalue weighted by molar-refractivity contribution is 6.31. The molecule has 20 heavy (non-hydrogen) atoms. The van der Waals surface area contributed by atoms with Gasteiger partial charge in [0.05, 0.1) is 0 Å². The molecule has 1 aromatic carbocycles. The molecule has 0 spiro atoms. The lowest BCUT2D eigenvalue weighted by atomic mass is 10.2. The van der Waals surface area contributed by atoms with Gasteiger partial charge in [0.15, 0.2) is 0 Å². The van der Waals surface area contributed by atoms with E-state index in [1.807, 2.05) is 0 Å². The number of nitrogens with zero attached hydrogens (tertiary/aromatic N) is 2. The lowest BCUT2D eigenvalue weighted by Gasteiger charge is -2.21. The predicted molar refractivity (Wildman–Crippen MR) is 76.2 cm³/mol. The minimum atomic E-state index is -1.09. The molecule has 1 N–H and O–H groups in total. The number of hydrogen-bond acceptors (Lipinski definition) is 2. The van der Waals surface area contributed by atoms with Crippen LogP contribution in [-0.4, -0.2) is 28.1 Å². The first kappa shape index (κ1) is 14.1. The van der Waals surface area contributed by atoms with Crippen molar-refractivity contribution in [1.82, 2.24) is 4.57 Å². The number of rotatable bonds is 4. The van der Waals surface area contributed by atoms with Crippen LogP contribution in [0, 0.1) is 0 Å². The first-order valence-corrected chi connectivity index (χ1v) is 6.27. The maximum atomic E-state index is 12.5. The van der Waals surface area contributed by atoms with Gasteiger partial charge in [0.25, 0.3) is 5.91 Å². The molecule has 1 heterocycles. The smallest absolute Gasteiger partial charge is 0.323 e. The summed E-state index contributed by atoms with van der Waals surface area (Å²) in [6, 6.07) is 9.91. The molecular formula is C14H13ClN2O3. The second kappa shape index (κ2) is 5.79. The summed E-state index contributed by atoms with van der Waals surface area (Å²) >= 11 is 5.90. The molecule has 0 unspecified atom stereocenters. The Bertz CT molecular complexity index is 651. The van der Waals surface area contributed by atoms with E-state index in [4.69, 9.17) is 16.7 Å². The van der Waals surface area contributed by atoms with Crippen LogP contribution >= 0.6 is 11.6 Å². The summed E-state index contributed by atoms with van der Waals surface area (Å²) in [5, 5.41) is 9.44. The Hall–Kier alpha value is -2.27. The van der Waals surface area contributed by atoms with Crippen molar-refractivity contribution in [1.29, 1.82) is 0 Å². The SMILES string of the molecule is Cn1cccc1C(=O)N(CC(=O)O)c1cccc(Cl)c1. The summed E-state index contributed by atoms with van der Waals surface area (Å²) in [5.74, 6) is -1.48. The molecule has 0 saturated carbocycles. The average Bonchev–Trinajstić information content (AvgIpc) is 2.81. The first-order chi connectivity index (χ1) is 9.49. The molecule has 0 radical (unpaired) electrons. The molecule has 0 aliphatic carbocycles. The molecule has 2 aromatic rings. The van der Waals surface area contributed by atoms with Crippen molar-refractivity contribution in [3.05, 3.63) is 53.3 Å². The number of carbonyl (C=O) groups is 2. The van der Waals surface area contributed by atoms with Crippen molar-refractivity contribution >= 4 is 29.2 Å². The largest absolute Gasteiger partial charge is 0.480 e. The second-order valence-electron chi connectivity index (χ2n) is 4.27. The summed E-state index contributed by atoms with van der Waals surface area (Å²) in [5.41, 5.74) is 0.859. The molecule has 5 nitrogen and oxygen atoms in total. The second-order valence-corrected chi connectivity index (χ2v) is 4.71. The fourth-order valence-electron chi connectivity index (χ4n) is 1.88. The number of hydrogen-bond donors (Lipinski definition) is 1. The van der Waals surface area contributed by atoms with E-state index in [1.54, 1.807) is 54.2 Å². The van der Waals surface area contributed by atoms with E-state index in [9.17, 15) is 9.59 Å². The number of anilines is 1. The zero-order valence-electron chi connectivity index (χ0n) is 10.8. The van der Waals surface area contributed by atoms with Gasteiger partial charge < -0.3 is 9.67 Å². The van der Waals surface area contributed by atoms with Gasteiger partial charge in [-0.2, -0.15) is 0 Å². The molecule has 0 aliphatic heterocycles. The Morgan fingerprint density at radius 3 is 2.60 bits per heavy atom. The highest BCUT2D eigenvalue weighted by Gasteiger charge is 2.22. The number of amides is 1. The van der Waals surface area contributed by atoms with Gasteiger partial charge in [-0.3, -0.25) is 14.5 Å². The van der Waals surface area contributed by atoms with Crippen molar-refractivity contribution < 1.29 is 14.7 Å². The zero-order chi connectivity index (χ0) is 14.7. The number of aromatic nitrogens is 1. The van der Waals surface area contributed by atoms with E-state index < -0.39 is 12.5 Å². The molecule has 1 amide bonds. The third kappa shape index (κ3) is 3.00. The normalized spacial score (nSPS) is 10.3. The van der Waals surface area contributed by atoms with Crippen LogP contribution in [0.15, 0.2) is 42.6 Å². The lowest BCUT2D eigenvalue weighted by Crippen LogP contribution is -2.36. The van der Waals surface area contributed by atoms with E-state index in [0.29, 0.717) is 16.4 Å². The van der Waals surface area contributed by atoms with E-state index in [-0.39, 0.29) is 5.91 Å². The Morgan fingerprint density at radius 1 is 1.30 bits per heavy atom. The molecule has 104 valence electrons. The summed E-state index contributed by atoms with van der Waals surface area (Å²) in [4.78, 5) is 24.7. The van der Waals surface area contributed by atoms with Crippen LogP contribution in [0.3, 0.4) is 0 Å². The predicted octanol–water partition coefficient (Wildman–Crippen LogP) is 2.41. The first-order valence-electron chi connectivity index (χ1n) is 5.89. The van der Waals surface area contributed by atoms with Gasteiger partial charge in [-0.1, -0.05) is 17.7 Å². The van der Waals surface area contributed by atoms with Crippen LogP contribution in [0.25, 0.3) is 0 Å². The van der Waals surface area contributed by atoms with Gasteiger partial charge in [-0.25, -0.2) is 0 Å². The fourth-order valence-corrected chi connectivity index (χ4v) is 2.07. The summed E-state index contributed by atoms with van der Waals surface area (Å²) in [6.07, 6.45) is 1.73. The van der Waals surface area contributed by atoms with Gasteiger partial charge in [0.2, 0.25) is 0 Å². The molecule has 0 fully saturated rings. The molecule has 1 aromatic heterocycles. The Balaban J connectivity index is 2.40. The minimum Gasteiger partial charge on any atom is -0.480 e. The quantitative estimate of drug-likeness (QED) is 0.941. The van der Waals surface area contributed by atoms with Crippen LogP contribution in [0.4, 0.5) is 5.69 Å². The van der Waals surface area contributed by atoms with Crippen molar-refractivity contribution in [3.8, 4) is 0 Å². The Labute approximate surface area is 121 Å². The molecule has 0 saturated heterocycles. The van der Waals surface area contributed by atoms with Crippen molar-refractivity contribution in [2.75, 3.05) is 11.4 Å². The monoisotopic (exact) mass is 292 g/mol. The van der Waals surface area contributed by atoms with Crippen LogP contribution in [0.1, 0.15) is 10.5 Å². The highest BCUT2D eigenvalue weighted by Crippen LogP contribution is 2.21. The van der Waals surface area contributed by atoms with Gasteiger partial charge in [-0.05, 0) is 30.3 Å². The molecule has 0 atom stereocenters. The number of aliphatic carboxylic acids is 1. The maximum absolute atomic E-state index is 12.5. The standard InChI is InChI=1S/C14H13ClN2O3/c1-16-7-3-6-12(16)14(20)17(9-13(18)19)11-5-2-4-10(15)8-11/h2-8H,9H2,1H3,(H,18,19). The van der Waals surface area contributed by atoms with Crippen LogP contribution in [0.2, 0.25) is 5.02 Å². The number of carboxylic acids is 1. The van der Waals surface area contributed by atoms with Crippen LogP contribution in [0.5, 0.6) is 0 Å². The number of carboxylic acid groups (broad SMARTS) is 1. The number of aryl methyl sites for hydroxylation is 1. The third-order valence-corrected chi connectivity index (χ3v) is 3.06. The summed E-state index contributed by atoms with van der Waals surface area (Å²) < 4.78 is 1.64. The van der Waals surface area contributed by atoms with E-state index in [2.05, 4.69) is 0 Å². The van der Waals surface area contributed by atoms with Crippen LogP contribution < -0.4 is 4.90 Å². The molecule has 2 rings (SSSR count). The van der Waals surface area contributed by atoms with Crippen LogP contribution in [-0.2, 0) is 11.8 Å². The van der Waals surface area contributed by atoms with Crippen molar-refractivity contribution in [2.45, 2.75) is 0 Å². The molecule has 0 aliphatic rings. The Kier molecular flexibility index (Phi) is 4.10. The van der Waals surface area contributed by atoms with E-state index >= 15 is 0 Å². The average molecular weight is 293 g/mol. The maximum Gasteiger partial charge on any atom is 0.323 e.